The summed E-state index contributed by atoms with van der Waals surface area (Å²) in [4.78, 5) is -0.737. The highest BCUT2D eigenvalue weighted by Crippen LogP contribution is 2.34. The monoisotopic (exact) mass is 305 g/mol. The molecule has 2 rings (SSSR count). The molecule has 7 heteroatoms. The standard InChI is InChI=1S/C13H14F3NO2S/c14-13(15,16)11-8-4-5-9-12(11)20(18,19)17-10-6-2-1-3-7-10/h4-6,8-9,17H,1-3,7H2. The van der Waals surface area contributed by atoms with Gasteiger partial charge in [0, 0.05) is 5.70 Å². The fourth-order valence-electron chi connectivity index (χ4n) is 2.09. The van der Waals surface area contributed by atoms with Crippen LogP contribution in [0.5, 0.6) is 0 Å². The molecule has 0 aliphatic heterocycles. The van der Waals surface area contributed by atoms with Crippen LogP contribution in [0.25, 0.3) is 0 Å². The second-order valence-electron chi connectivity index (χ2n) is 4.57. The molecular weight excluding hydrogens is 291 g/mol. The molecule has 1 aromatic rings. The molecule has 0 atom stereocenters. The highest BCUT2D eigenvalue weighted by Gasteiger charge is 2.37. The van der Waals surface area contributed by atoms with E-state index in [9.17, 15) is 21.6 Å². The van der Waals surface area contributed by atoms with Crippen LogP contribution in [0.3, 0.4) is 0 Å². The Bertz CT molecular complexity index is 621. The summed E-state index contributed by atoms with van der Waals surface area (Å²) in [6.45, 7) is 0. The van der Waals surface area contributed by atoms with E-state index in [4.69, 9.17) is 0 Å². The molecule has 0 heterocycles. The van der Waals surface area contributed by atoms with E-state index >= 15 is 0 Å². The van der Waals surface area contributed by atoms with Crippen molar-refractivity contribution in [1.29, 1.82) is 0 Å². The van der Waals surface area contributed by atoms with Crippen LogP contribution in [0.4, 0.5) is 13.2 Å². The molecule has 110 valence electrons. The summed E-state index contributed by atoms with van der Waals surface area (Å²) in [5.74, 6) is 0. The molecule has 0 saturated heterocycles. The molecule has 0 bridgehead atoms. The van der Waals surface area contributed by atoms with Crippen LogP contribution in [0.1, 0.15) is 31.2 Å². The molecule has 1 aliphatic rings. The van der Waals surface area contributed by atoms with Crippen LogP contribution in [0.2, 0.25) is 0 Å². The molecule has 1 aliphatic carbocycles. The van der Waals surface area contributed by atoms with Crippen molar-refractivity contribution in [2.45, 2.75) is 36.8 Å². The SMILES string of the molecule is O=S(=O)(NC1=CCCCC1)c1ccccc1C(F)(F)F. The Morgan fingerprint density at radius 1 is 1.10 bits per heavy atom. The number of halogens is 3. The zero-order valence-electron chi connectivity index (χ0n) is 10.6. The van der Waals surface area contributed by atoms with Gasteiger partial charge in [0.2, 0.25) is 0 Å². The number of nitrogens with one attached hydrogen (secondary N) is 1. The second-order valence-corrected chi connectivity index (χ2v) is 6.23. The Balaban J connectivity index is 2.37. The summed E-state index contributed by atoms with van der Waals surface area (Å²) in [6.07, 6.45) is 0.0787. The van der Waals surface area contributed by atoms with Gasteiger partial charge in [0.05, 0.1) is 10.5 Å². The number of rotatable bonds is 3. The van der Waals surface area contributed by atoms with Crippen molar-refractivity contribution in [2.75, 3.05) is 0 Å². The predicted molar refractivity (Wildman–Crippen MR) is 68.3 cm³/mol. The van der Waals surface area contributed by atoms with E-state index in [1.54, 1.807) is 6.08 Å². The minimum Gasteiger partial charge on any atom is -0.284 e. The maximum absolute atomic E-state index is 12.9. The number of hydrogen-bond donors (Lipinski definition) is 1. The van der Waals surface area contributed by atoms with E-state index in [1.807, 2.05) is 0 Å². The Morgan fingerprint density at radius 3 is 2.40 bits per heavy atom. The lowest BCUT2D eigenvalue weighted by molar-refractivity contribution is -0.139. The van der Waals surface area contributed by atoms with Crippen LogP contribution in [0.15, 0.2) is 40.9 Å². The fourth-order valence-corrected chi connectivity index (χ4v) is 3.47. The molecule has 0 amide bonds. The molecule has 1 N–H and O–H groups in total. The van der Waals surface area contributed by atoms with Crippen LogP contribution in [0, 0.1) is 0 Å². The summed E-state index contributed by atoms with van der Waals surface area (Å²) in [5.41, 5.74) is -0.683. The van der Waals surface area contributed by atoms with Crippen LogP contribution in [-0.4, -0.2) is 8.42 Å². The van der Waals surface area contributed by atoms with Crippen molar-refractivity contribution in [3.8, 4) is 0 Å². The molecular formula is C13H14F3NO2S. The largest absolute Gasteiger partial charge is 0.417 e. The average Bonchev–Trinajstić information content (AvgIpc) is 2.38. The molecule has 0 spiro atoms. The van der Waals surface area contributed by atoms with Gasteiger partial charge in [-0.05, 0) is 37.8 Å². The summed E-state index contributed by atoms with van der Waals surface area (Å²) >= 11 is 0. The zero-order valence-corrected chi connectivity index (χ0v) is 11.4. The van der Waals surface area contributed by atoms with E-state index < -0.39 is 26.7 Å². The number of benzene rings is 1. The summed E-state index contributed by atoms with van der Waals surface area (Å²) < 4.78 is 65.0. The summed E-state index contributed by atoms with van der Waals surface area (Å²) in [5, 5.41) is 0. The molecule has 0 aromatic heterocycles. The van der Waals surface area contributed by atoms with E-state index in [0.29, 0.717) is 12.1 Å². The third kappa shape index (κ3) is 3.33. The molecule has 3 nitrogen and oxygen atoms in total. The first-order chi connectivity index (χ1) is 9.31. The van der Waals surface area contributed by atoms with Gasteiger partial charge in [-0.15, -0.1) is 0 Å². The van der Waals surface area contributed by atoms with Crippen molar-refractivity contribution in [1.82, 2.24) is 4.72 Å². The lowest BCUT2D eigenvalue weighted by Crippen LogP contribution is -2.26. The summed E-state index contributed by atoms with van der Waals surface area (Å²) in [7, 11) is -4.21. The molecule has 0 radical (unpaired) electrons. The van der Waals surface area contributed by atoms with E-state index in [2.05, 4.69) is 4.72 Å². The Morgan fingerprint density at radius 2 is 1.80 bits per heavy atom. The number of alkyl halides is 3. The predicted octanol–water partition coefficient (Wildman–Crippen LogP) is 3.44. The fraction of sp³-hybridized carbons (Fsp3) is 0.385. The quantitative estimate of drug-likeness (QED) is 0.930. The molecule has 0 fully saturated rings. The summed E-state index contributed by atoms with van der Waals surface area (Å²) in [6, 6.07) is 4.18. The maximum Gasteiger partial charge on any atom is 0.417 e. The first kappa shape index (κ1) is 14.9. The number of sulfonamides is 1. The van der Waals surface area contributed by atoms with Crippen molar-refractivity contribution < 1.29 is 21.6 Å². The van der Waals surface area contributed by atoms with Crippen LogP contribution in [-0.2, 0) is 16.2 Å². The van der Waals surface area contributed by atoms with Crippen molar-refractivity contribution in [2.24, 2.45) is 0 Å². The first-order valence-corrected chi connectivity index (χ1v) is 7.67. The molecule has 20 heavy (non-hydrogen) atoms. The van der Waals surface area contributed by atoms with E-state index in [-0.39, 0.29) is 0 Å². The molecule has 0 unspecified atom stereocenters. The van der Waals surface area contributed by atoms with Gasteiger partial charge in [-0.2, -0.15) is 13.2 Å². The van der Waals surface area contributed by atoms with Crippen LogP contribution >= 0.6 is 0 Å². The van der Waals surface area contributed by atoms with Crippen molar-refractivity contribution in [3.63, 3.8) is 0 Å². The van der Waals surface area contributed by atoms with Crippen molar-refractivity contribution >= 4 is 10.0 Å². The maximum atomic E-state index is 12.9. The molecule has 0 saturated carbocycles. The topological polar surface area (TPSA) is 46.2 Å². The third-order valence-electron chi connectivity index (χ3n) is 3.04. The van der Waals surface area contributed by atoms with Gasteiger partial charge in [-0.1, -0.05) is 18.2 Å². The Kier molecular flexibility index (Phi) is 4.08. The van der Waals surface area contributed by atoms with Gasteiger partial charge in [0.1, 0.15) is 0 Å². The van der Waals surface area contributed by atoms with Gasteiger partial charge >= 0.3 is 6.18 Å². The average molecular weight is 305 g/mol. The number of allylic oxidation sites excluding steroid dienone is 2. The van der Waals surface area contributed by atoms with Gasteiger partial charge in [-0.25, -0.2) is 8.42 Å². The van der Waals surface area contributed by atoms with E-state index in [1.165, 1.54) is 12.1 Å². The lowest BCUT2D eigenvalue weighted by atomic mass is 10.1. The first-order valence-electron chi connectivity index (χ1n) is 6.19. The van der Waals surface area contributed by atoms with Gasteiger partial charge < -0.3 is 0 Å². The second kappa shape index (κ2) is 5.47. The lowest BCUT2D eigenvalue weighted by Gasteiger charge is -2.17. The Hall–Kier alpha value is -1.50. The highest BCUT2D eigenvalue weighted by molar-refractivity contribution is 7.89. The van der Waals surface area contributed by atoms with E-state index in [0.717, 1.165) is 31.4 Å². The third-order valence-corrected chi connectivity index (χ3v) is 4.50. The van der Waals surface area contributed by atoms with Gasteiger partial charge in [0.25, 0.3) is 10.0 Å². The zero-order chi connectivity index (χ0) is 14.8. The Labute approximate surface area is 115 Å². The minimum absolute atomic E-state index is 0.466. The van der Waals surface area contributed by atoms with Gasteiger partial charge in [-0.3, -0.25) is 4.72 Å². The minimum atomic E-state index is -4.70. The smallest absolute Gasteiger partial charge is 0.284 e. The highest BCUT2D eigenvalue weighted by atomic mass is 32.2. The van der Waals surface area contributed by atoms with Gasteiger partial charge in [0.15, 0.2) is 0 Å². The van der Waals surface area contributed by atoms with Crippen molar-refractivity contribution in [3.05, 3.63) is 41.6 Å². The van der Waals surface area contributed by atoms with Crippen LogP contribution < -0.4 is 4.72 Å². The number of hydrogen-bond acceptors (Lipinski definition) is 2. The normalized spacial score (nSPS) is 16.6. The molecule has 1 aromatic carbocycles.